The van der Waals surface area contributed by atoms with Crippen LogP contribution in [0.3, 0.4) is 0 Å². The molecule has 0 bridgehead atoms. The number of likely N-dealkylation sites (tertiary alicyclic amines) is 1. The molecule has 0 radical (unpaired) electrons. The number of aryl methyl sites for hydroxylation is 2. The van der Waals surface area contributed by atoms with Crippen molar-refractivity contribution >= 4 is 11.8 Å². The summed E-state index contributed by atoms with van der Waals surface area (Å²) in [4.78, 5) is 40.9. The highest BCUT2D eigenvalue weighted by molar-refractivity contribution is 5.94. The number of pyridine rings is 1. The molecule has 0 aliphatic carbocycles. The number of hydrogen-bond acceptors (Lipinski definition) is 3. The number of aromatic nitrogens is 1. The third-order valence-electron chi connectivity index (χ3n) is 5.06. The van der Waals surface area contributed by atoms with Gasteiger partial charge in [-0.3, -0.25) is 14.4 Å². The molecule has 2 N–H and O–H groups in total. The first-order valence-electron chi connectivity index (χ1n) is 9.22. The Labute approximate surface area is 158 Å². The van der Waals surface area contributed by atoms with Crippen molar-refractivity contribution in [1.29, 1.82) is 0 Å². The van der Waals surface area contributed by atoms with E-state index in [4.69, 9.17) is 0 Å². The van der Waals surface area contributed by atoms with Gasteiger partial charge >= 0.3 is 0 Å². The van der Waals surface area contributed by atoms with Gasteiger partial charge in [0.05, 0.1) is 0 Å². The van der Waals surface area contributed by atoms with Crippen LogP contribution >= 0.6 is 0 Å². The first-order valence-corrected chi connectivity index (χ1v) is 9.22. The van der Waals surface area contributed by atoms with Crippen LogP contribution in [0.2, 0.25) is 0 Å². The van der Waals surface area contributed by atoms with Crippen molar-refractivity contribution < 1.29 is 9.59 Å². The zero-order valence-electron chi connectivity index (χ0n) is 16.0. The van der Waals surface area contributed by atoms with E-state index < -0.39 is 0 Å². The van der Waals surface area contributed by atoms with Crippen LogP contribution in [0.5, 0.6) is 0 Å². The highest BCUT2D eigenvalue weighted by atomic mass is 16.2. The Bertz CT molecular complexity index is 915. The lowest BCUT2D eigenvalue weighted by atomic mass is 10.0. The lowest BCUT2D eigenvalue weighted by molar-refractivity contribution is -0.120. The van der Waals surface area contributed by atoms with Gasteiger partial charge in [-0.05, 0) is 56.0 Å². The Hall–Kier alpha value is -2.89. The minimum absolute atomic E-state index is 0.00793. The highest BCUT2D eigenvalue weighted by Gasteiger charge is 2.24. The molecule has 2 heterocycles. The largest absolute Gasteiger partial charge is 0.352 e. The molecular formula is C21H25N3O3. The molecule has 0 saturated carbocycles. The van der Waals surface area contributed by atoms with Gasteiger partial charge in [-0.2, -0.15) is 0 Å². The second kappa shape index (κ2) is 7.78. The molecule has 1 aliphatic heterocycles. The molecule has 142 valence electrons. The second-order valence-corrected chi connectivity index (χ2v) is 7.19. The minimum Gasteiger partial charge on any atom is -0.352 e. The first kappa shape index (κ1) is 18.9. The summed E-state index contributed by atoms with van der Waals surface area (Å²) in [7, 11) is 0. The smallest absolute Gasteiger partial charge is 0.256 e. The quantitative estimate of drug-likeness (QED) is 0.874. The highest BCUT2D eigenvalue weighted by Crippen LogP contribution is 2.20. The summed E-state index contributed by atoms with van der Waals surface area (Å²) in [5, 5.41) is 2.89. The van der Waals surface area contributed by atoms with E-state index in [1.165, 1.54) is 6.92 Å². The Morgan fingerprint density at radius 1 is 1.19 bits per heavy atom. The van der Waals surface area contributed by atoms with E-state index in [0.717, 1.165) is 29.7 Å². The molecule has 1 aliphatic rings. The fraction of sp³-hybridized carbons (Fsp3) is 0.381. The van der Waals surface area contributed by atoms with Crippen LogP contribution in [0.15, 0.2) is 35.1 Å². The van der Waals surface area contributed by atoms with E-state index in [0.29, 0.717) is 24.2 Å². The lowest BCUT2D eigenvalue weighted by Gasteiger charge is -2.33. The zero-order valence-corrected chi connectivity index (χ0v) is 16.0. The summed E-state index contributed by atoms with van der Waals surface area (Å²) in [6.45, 7) is 6.53. The molecular weight excluding hydrogens is 342 g/mol. The van der Waals surface area contributed by atoms with Crippen LogP contribution in [-0.4, -0.2) is 40.8 Å². The summed E-state index contributed by atoms with van der Waals surface area (Å²) >= 11 is 0. The number of nitrogens with one attached hydrogen (secondary N) is 2. The van der Waals surface area contributed by atoms with E-state index in [-0.39, 0.29) is 23.4 Å². The fourth-order valence-electron chi connectivity index (χ4n) is 3.48. The fourth-order valence-corrected chi connectivity index (χ4v) is 3.48. The van der Waals surface area contributed by atoms with Gasteiger partial charge in [-0.1, -0.05) is 12.1 Å². The summed E-state index contributed by atoms with van der Waals surface area (Å²) in [5.41, 5.74) is 3.71. The molecule has 27 heavy (non-hydrogen) atoms. The molecule has 6 heteroatoms. The molecule has 0 spiro atoms. The molecule has 1 aromatic heterocycles. The van der Waals surface area contributed by atoms with Crippen molar-refractivity contribution in [3.05, 3.63) is 57.5 Å². The normalized spacial score (nSPS) is 16.9. The van der Waals surface area contributed by atoms with Crippen LogP contribution < -0.4 is 10.9 Å². The minimum atomic E-state index is -0.133. The van der Waals surface area contributed by atoms with Crippen molar-refractivity contribution in [2.75, 3.05) is 13.1 Å². The van der Waals surface area contributed by atoms with E-state index in [1.807, 2.05) is 32.0 Å². The Morgan fingerprint density at radius 3 is 2.56 bits per heavy atom. The summed E-state index contributed by atoms with van der Waals surface area (Å²) in [6, 6.07) is 9.01. The van der Waals surface area contributed by atoms with Crippen LogP contribution in [-0.2, 0) is 4.79 Å². The summed E-state index contributed by atoms with van der Waals surface area (Å²) in [5.74, 6) is -0.122. The van der Waals surface area contributed by atoms with Gasteiger partial charge in [0.2, 0.25) is 5.91 Å². The van der Waals surface area contributed by atoms with E-state index in [9.17, 15) is 14.4 Å². The molecule has 1 fully saturated rings. The average Bonchev–Trinajstić information content (AvgIpc) is 2.64. The number of benzene rings is 1. The molecule has 6 nitrogen and oxygen atoms in total. The lowest BCUT2D eigenvalue weighted by Crippen LogP contribution is -2.49. The molecule has 1 atom stereocenters. The summed E-state index contributed by atoms with van der Waals surface area (Å²) in [6.07, 6.45) is 1.75. The molecule has 3 rings (SSSR count). The van der Waals surface area contributed by atoms with Gasteiger partial charge in [-0.15, -0.1) is 0 Å². The van der Waals surface area contributed by atoms with Crippen LogP contribution in [0.1, 0.15) is 41.4 Å². The van der Waals surface area contributed by atoms with Crippen molar-refractivity contribution in [2.24, 2.45) is 0 Å². The maximum Gasteiger partial charge on any atom is 0.256 e. The zero-order chi connectivity index (χ0) is 19.6. The number of nitrogens with zero attached hydrogens (tertiary/aromatic N) is 1. The van der Waals surface area contributed by atoms with Gasteiger partial charge in [0.15, 0.2) is 0 Å². The van der Waals surface area contributed by atoms with Crippen LogP contribution in [0, 0.1) is 13.8 Å². The second-order valence-electron chi connectivity index (χ2n) is 7.19. The number of H-pyrrole nitrogens is 1. The van der Waals surface area contributed by atoms with Crippen LogP contribution in [0.25, 0.3) is 11.1 Å². The Morgan fingerprint density at radius 2 is 1.89 bits per heavy atom. The predicted molar refractivity (Wildman–Crippen MR) is 105 cm³/mol. The van der Waals surface area contributed by atoms with Crippen molar-refractivity contribution in [1.82, 2.24) is 15.2 Å². The monoisotopic (exact) mass is 367 g/mol. The van der Waals surface area contributed by atoms with E-state index >= 15 is 0 Å². The third-order valence-corrected chi connectivity index (χ3v) is 5.06. The Kier molecular flexibility index (Phi) is 5.44. The number of carbonyl (C=O) groups is 2. The van der Waals surface area contributed by atoms with Crippen LogP contribution in [0.4, 0.5) is 0 Å². The molecule has 0 unspecified atom stereocenters. The maximum atomic E-state index is 12.8. The maximum absolute atomic E-state index is 12.8. The number of rotatable bonds is 3. The molecule has 1 aromatic carbocycles. The number of aromatic amines is 1. The van der Waals surface area contributed by atoms with Crippen molar-refractivity contribution in [3.8, 4) is 11.1 Å². The number of amides is 2. The SMILES string of the molecule is CC(=O)N[C@H]1CCCN(C(=O)c2ccc(-c3cc(C)c(C)[nH]c3=O)cc2)C1. The molecule has 2 amide bonds. The number of carbonyl (C=O) groups excluding carboxylic acids is 2. The topological polar surface area (TPSA) is 82.3 Å². The predicted octanol–water partition coefficient (Wildman–Crippen LogP) is 2.40. The first-order chi connectivity index (χ1) is 12.8. The number of piperidine rings is 1. The van der Waals surface area contributed by atoms with Gasteiger partial charge in [-0.25, -0.2) is 0 Å². The molecule has 1 saturated heterocycles. The standard InChI is InChI=1S/C21H25N3O3/c1-13-11-19(20(26)22-14(13)2)16-6-8-17(9-7-16)21(27)24-10-4-5-18(12-24)23-15(3)25/h6-9,11,18H,4-5,10,12H2,1-3H3,(H,22,26)(H,23,25)/t18-/m0/s1. The van der Waals surface area contributed by atoms with E-state index in [1.54, 1.807) is 17.0 Å². The summed E-state index contributed by atoms with van der Waals surface area (Å²) < 4.78 is 0. The van der Waals surface area contributed by atoms with Crippen molar-refractivity contribution in [3.63, 3.8) is 0 Å². The number of hydrogen-bond donors (Lipinski definition) is 2. The Balaban J connectivity index is 1.77. The third kappa shape index (κ3) is 4.27. The molecule has 2 aromatic rings. The van der Waals surface area contributed by atoms with Gasteiger partial charge in [0, 0.05) is 42.9 Å². The van der Waals surface area contributed by atoms with E-state index in [2.05, 4.69) is 10.3 Å². The van der Waals surface area contributed by atoms with Gasteiger partial charge < -0.3 is 15.2 Å². The van der Waals surface area contributed by atoms with Crippen molar-refractivity contribution in [2.45, 2.75) is 39.7 Å². The van der Waals surface area contributed by atoms with Gasteiger partial charge in [0.25, 0.3) is 11.5 Å². The van der Waals surface area contributed by atoms with Gasteiger partial charge in [0.1, 0.15) is 0 Å². The average molecular weight is 367 g/mol.